The zero-order chi connectivity index (χ0) is 29.1. The molecule has 0 radical (unpaired) electrons. The van der Waals surface area contributed by atoms with Crippen LogP contribution in [0.2, 0.25) is 0 Å². The summed E-state index contributed by atoms with van der Waals surface area (Å²) in [5.41, 5.74) is 1.94. The molecule has 0 spiro atoms. The summed E-state index contributed by atoms with van der Waals surface area (Å²) in [6.45, 7) is 7.09. The molecule has 218 valence electrons. The Hall–Kier alpha value is -3.59. The monoisotopic (exact) mass is 552 g/mol. The van der Waals surface area contributed by atoms with Gasteiger partial charge in [-0.3, -0.25) is 14.4 Å². The van der Waals surface area contributed by atoms with Crippen LogP contribution >= 0.6 is 0 Å². The largest absolute Gasteiger partial charge is 0.497 e. The van der Waals surface area contributed by atoms with Crippen LogP contribution in [0.1, 0.15) is 44.7 Å². The number of para-hydroxylation sites is 1. The normalized spacial score (nSPS) is 22.6. The molecule has 4 atom stereocenters. The van der Waals surface area contributed by atoms with E-state index < -0.39 is 18.1 Å². The third kappa shape index (κ3) is 8.45. The van der Waals surface area contributed by atoms with Crippen molar-refractivity contribution in [3.63, 3.8) is 0 Å². The Morgan fingerprint density at radius 1 is 1.05 bits per heavy atom. The summed E-state index contributed by atoms with van der Waals surface area (Å²) < 4.78 is 11.3. The minimum absolute atomic E-state index is 0.0525. The molecule has 0 saturated heterocycles. The van der Waals surface area contributed by atoms with Crippen molar-refractivity contribution >= 4 is 17.7 Å². The molecule has 1 unspecified atom stereocenters. The van der Waals surface area contributed by atoms with Crippen LogP contribution in [0, 0.1) is 5.92 Å². The van der Waals surface area contributed by atoms with Gasteiger partial charge in [-0.05, 0) is 55.0 Å². The number of likely N-dealkylation sites (N-methyl/N-ethyl adjacent to an activating group) is 1. The van der Waals surface area contributed by atoms with Gasteiger partial charge in [0.1, 0.15) is 30.2 Å². The summed E-state index contributed by atoms with van der Waals surface area (Å²) in [5.74, 6) is 0.746. The van der Waals surface area contributed by atoms with Gasteiger partial charge in [-0.2, -0.15) is 0 Å². The van der Waals surface area contributed by atoms with Crippen LogP contribution in [0.4, 0.5) is 0 Å². The van der Waals surface area contributed by atoms with Crippen LogP contribution in [0.25, 0.3) is 0 Å². The van der Waals surface area contributed by atoms with E-state index >= 15 is 0 Å². The van der Waals surface area contributed by atoms with E-state index in [0.29, 0.717) is 31.9 Å². The second kappa shape index (κ2) is 15.3. The summed E-state index contributed by atoms with van der Waals surface area (Å²) in [5, 5.41) is 9.25. The SMILES string of the molecule is CCC(C)[C@@H]1NCCOc2ccccc2CCCNC(=O)[C@@H](Cc2ccc(OC)cc2)NC(=O)[C@@H](C)N(C)C1=O. The predicted molar refractivity (Wildman–Crippen MR) is 155 cm³/mol. The Morgan fingerprint density at radius 2 is 1.77 bits per heavy atom. The maximum Gasteiger partial charge on any atom is 0.243 e. The minimum Gasteiger partial charge on any atom is -0.497 e. The van der Waals surface area contributed by atoms with E-state index in [2.05, 4.69) is 16.0 Å². The van der Waals surface area contributed by atoms with Gasteiger partial charge < -0.3 is 30.3 Å². The summed E-state index contributed by atoms with van der Waals surface area (Å²) in [7, 11) is 3.23. The number of amides is 3. The molecule has 1 aliphatic heterocycles. The van der Waals surface area contributed by atoms with Gasteiger partial charge in [-0.1, -0.05) is 50.6 Å². The number of hydrogen-bond donors (Lipinski definition) is 3. The molecule has 0 fully saturated rings. The van der Waals surface area contributed by atoms with Crippen LogP contribution in [0.15, 0.2) is 48.5 Å². The number of nitrogens with one attached hydrogen (secondary N) is 3. The second-order valence-corrected chi connectivity index (χ2v) is 10.4. The van der Waals surface area contributed by atoms with Gasteiger partial charge in [0.2, 0.25) is 17.7 Å². The van der Waals surface area contributed by atoms with Crippen molar-refractivity contribution in [3.05, 3.63) is 59.7 Å². The lowest BCUT2D eigenvalue weighted by atomic mass is 9.97. The van der Waals surface area contributed by atoms with Crippen molar-refractivity contribution in [1.29, 1.82) is 0 Å². The summed E-state index contributed by atoms with van der Waals surface area (Å²) in [6.07, 6.45) is 2.55. The first-order chi connectivity index (χ1) is 19.2. The first-order valence-electron chi connectivity index (χ1n) is 14.2. The lowest BCUT2D eigenvalue weighted by molar-refractivity contribution is -0.141. The van der Waals surface area contributed by atoms with E-state index in [1.54, 1.807) is 21.1 Å². The molecule has 0 aromatic heterocycles. The number of carbonyl (C=O) groups excluding carboxylic acids is 3. The first-order valence-corrected chi connectivity index (χ1v) is 14.2. The van der Waals surface area contributed by atoms with Crippen molar-refractivity contribution in [2.45, 2.75) is 64.6 Å². The van der Waals surface area contributed by atoms with E-state index in [1.807, 2.05) is 62.4 Å². The summed E-state index contributed by atoms with van der Waals surface area (Å²) >= 11 is 0. The standard InChI is InChI=1S/C31H44N4O5/c1-6-21(2)28-31(38)35(4)22(3)29(36)34-26(20-23-13-15-25(39-5)16-14-23)30(37)33-17-9-11-24-10-7-8-12-27(24)40-19-18-32-28/h7-8,10,12-16,21-22,26,28,32H,6,9,11,17-20H2,1-5H3,(H,33,37)(H,34,36)/t21?,22-,26-,28+/m1/s1. The molecule has 3 N–H and O–H groups in total. The zero-order valence-corrected chi connectivity index (χ0v) is 24.4. The van der Waals surface area contributed by atoms with Gasteiger partial charge in [0.05, 0.1) is 13.2 Å². The quantitative estimate of drug-likeness (QED) is 0.527. The lowest BCUT2D eigenvalue weighted by Crippen LogP contribution is -2.57. The Balaban J connectivity index is 1.85. The third-order valence-electron chi connectivity index (χ3n) is 7.64. The number of methoxy groups -OCH3 is 1. The second-order valence-electron chi connectivity index (χ2n) is 10.4. The number of fused-ring (bicyclic) bond motifs is 1. The third-order valence-corrected chi connectivity index (χ3v) is 7.64. The van der Waals surface area contributed by atoms with Crippen molar-refractivity contribution in [2.24, 2.45) is 5.92 Å². The van der Waals surface area contributed by atoms with Gasteiger partial charge in [-0.15, -0.1) is 0 Å². The van der Waals surface area contributed by atoms with Crippen LogP contribution < -0.4 is 25.4 Å². The Kier molecular flexibility index (Phi) is 11.8. The minimum atomic E-state index is -0.801. The summed E-state index contributed by atoms with van der Waals surface area (Å²) in [4.78, 5) is 41.6. The van der Waals surface area contributed by atoms with Gasteiger partial charge >= 0.3 is 0 Å². The predicted octanol–water partition coefficient (Wildman–Crippen LogP) is 2.72. The highest BCUT2D eigenvalue weighted by Crippen LogP contribution is 2.20. The van der Waals surface area contributed by atoms with Crippen molar-refractivity contribution in [3.8, 4) is 11.5 Å². The van der Waals surface area contributed by atoms with Crippen molar-refractivity contribution < 1.29 is 23.9 Å². The number of carbonyl (C=O) groups is 3. The molecule has 0 saturated carbocycles. The Labute approximate surface area is 238 Å². The van der Waals surface area contributed by atoms with Crippen molar-refractivity contribution in [2.75, 3.05) is 33.9 Å². The molecular formula is C31H44N4O5. The van der Waals surface area contributed by atoms with Crippen LogP contribution in [0.5, 0.6) is 11.5 Å². The van der Waals surface area contributed by atoms with E-state index in [0.717, 1.165) is 36.1 Å². The number of rotatable bonds is 5. The van der Waals surface area contributed by atoms with Gasteiger partial charge in [0.15, 0.2) is 0 Å². The Morgan fingerprint density at radius 3 is 2.48 bits per heavy atom. The van der Waals surface area contributed by atoms with E-state index in [4.69, 9.17) is 9.47 Å². The zero-order valence-electron chi connectivity index (χ0n) is 24.4. The molecule has 3 rings (SSSR count). The van der Waals surface area contributed by atoms with Gasteiger partial charge in [0.25, 0.3) is 0 Å². The average molecular weight is 553 g/mol. The topological polar surface area (TPSA) is 109 Å². The average Bonchev–Trinajstić information content (AvgIpc) is 2.97. The van der Waals surface area contributed by atoms with E-state index in [9.17, 15) is 14.4 Å². The van der Waals surface area contributed by atoms with Crippen LogP contribution in [-0.4, -0.2) is 74.6 Å². The molecule has 0 aliphatic carbocycles. The van der Waals surface area contributed by atoms with Crippen LogP contribution in [-0.2, 0) is 27.2 Å². The maximum atomic E-state index is 13.5. The van der Waals surface area contributed by atoms with E-state index in [1.165, 1.54) is 4.90 Å². The molecule has 9 nitrogen and oxygen atoms in total. The highest BCUT2D eigenvalue weighted by atomic mass is 16.5. The molecular weight excluding hydrogens is 508 g/mol. The summed E-state index contributed by atoms with van der Waals surface area (Å²) in [6, 6.07) is 13.2. The molecule has 9 heteroatoms. The number of ether oxygens (including phenoxy) is 2. The number of nitrogens with zero attached hydrogens (tertiary/aromatic N) is 1. The molecule has 40 heavy (non-hydrogen) atoms. The smallest absolute Gasteiger partial charge is 0.243 e. The number of hydrogen-bond acceptors (Lipinski definition) is 6. The highest BCUT2D eigenvalue weighted by molar-refractivity contribution is 5.93. The van der Waals surface area contributed by atoms with E-state index in [-0.39, 0.29) is 23.6 Å². The fourth-order valence-corrected chi connectivity index (χ4v) is 4.69. The number of benzene rings is 2. The Bertz CT molecular complexity index is 1120. The fourth-order valence-electron chi connectivity index (χ4n) is 4.69. The molecule has 0 bridgehead atoms. The highest BCUT2D eigenvalue weighted by Gasteiger charge is 2.32. The molecule has 1 aliphatic rings. The molecule has 3 amide bonds. The van der Waals surface area contributed by atoms with Gasteiger partial charge in [-0.25, -0.2) is 0 Å². The molecule has 1 heterocycles. The fraction of sp³-hybridized carbons (Fsp3) is 0.516. The first kappa shape index (κ1) is 30.9. The maximum absolute atomic E-state index is 13.5. The van der Waals surface area contributed by atoms with Crippen LogP contribution in [0.3, 0.4) is 0 Å². The molecule has 2 aromatic carbocycles. The number of aryl methyl sites for hydroxylation is 1. The van der Waals surface area contributed by atoms with Gasteiger partial charge in [0, 0.05) is 26.6 Å². The lowest BCUT2D eigenvalue weighted by Gasteiger charge is -2.32. The molecule has 2 aromatic rings. The van der Waals surface area contributed by atoms with Crippen molar-refractivity contribution in [1.82, 2.24) is 20.9 Å².